The van der Waals surface area contributed by atoms with Crippen LogP contribution in [0.2, 0.25) is 0 Å². The molecule has 0 N–H and O–H groups in total. The molecular weight excluding hydrogens is 556 g/mol. The van der Waals surface area contributed by atoms with Crippen molar-refractivity contribution in [3.63, 3.8) is 0 Å². The van der Waals surface area contributed by atoms with Crippen molar-refractivity contribution in [2.24, 2.45) is 5.41 Å². The summed E-state index contributed by atoms with van der Waals surface area (Å²) < 4.78 is 5.20. The van der Waals surface area contributed by atoms with Crippen molar-refractivity contribution in [2.75, 3.05) is 6.61 Å². The number of hydrogen-bond acceptors (Lipinski definition) is 4. The minimum Gasteiger partial charge on any atom is -0.464 e. The molecule has 0 aliphatic carbocycles. The Morgan fingerprint density at radius 3 is 1.18 bits per heavy atom. The van der Waals surface area contributed by atoms with E-state index in [0.29, 0.717) is 12.8 Å². The maximum atomic E-state index is 13.2. The normalized spacial score (nSPS) is 12.4. The number of esters is 1. The third-order valence-electron chi connectivity index (χ3n) is 8.50. The molecule has 0 aliphatic rings. The van der Waals surface area contributed by atoms with E-state index >= 15 is 0 Å². The molecule has 0 heterocycles. The van der Waals surface area contributed by atoms with Crippen molar-refractivity contribution < 1.29 is 19.1 Å². The molecule has 0 aromatic heterocycles. The van der Waals surface area contributed by atoms with E-state index < -0.39 is 11.4 Å². The summed E-state index contributed by atoms with van der Waals surface area (Å²) in [4.78, 5) is 37.8. The van der Waals surface area contributed by atoms with Crippen LogP contribution in [0.25, 0.3) is 0 Å². The van der Waals surface area contributed by atoms with Gasteiger partial charge in [-0.3, -0.25) is 14.4 Å². The fourth-order valence-electron chi connectivity index (χ4n) is 5.31. The van der Waals surface area contributed by atoms with Gasteiger partial charge in [0.2, 0.25) is 0 Å². The second kappa shape index (κ2) is 31.7. The highest BCUT2D eigenvalue weighted by atomic mass is 16.5. The molecule has 4 nitrogen and oxygen atoms in total. The average molecular weight is 627 g/mol. The van der Waals surface area contributed by atoms with Crippen molar-refractivity contribution in [1.29, 1.82) is 0 Å². The van der Waals surface area contributed by atoms with Crippen molar-refractivity contribution in [3.8, 4) is 0 Å². The van der Waals surface area contributed by atoms with Crippen LogP contribution < -0.4 is 0 Å². The van der Waals surface area contributed by atoms with E-state index in [0.717, 1.165) is 77.0 Å². The molecule has 4 heteroatoms. The number of unbranched alkanes of at least 4 members (excludes halogenated alkanes) is 16. The third-order valence-corrected chi connectivity index (χ3v) is 8.50. The van der Waals surface area contributed by atoms with Crippen LogP contribution in [-0.2, 0) is 19.1 Å². The van der Waals surface area contributed by atoms with Gasteiger partial charge in [-0.25, -0.2) is 0 Å². The average Bonchev–Trinajstić information content (AvgIpc) is 3.03. The Bertz CT molecular complexity index is 790. The molecule has 0 bridgehead atoms. The van der Waals surface area contributed by atoms with Gasteiger partial charge in [-0.05, 0) is 84.0 Å². The summed E-state index contributed by atoms with van der Waals surface area (Å²) in [5.74, 6) is -0.611. The number of carbonyl (C=O) groups is 3. The monoisotopic (exact) mass is 627 g/mol. The van der Waals surface area contributed by atoms with Gasteiger partial charge >= 0.3 is 5.97 Å². The summed E-state index contributed by atoms with van der Waals surface area (Å²) in [7, 11) is 0. The number of ketones is 2. The van der Waals surface area contributed by atoms with Crippen molar-refractivity contribution in [2.45, 2.75) is 182 Å². The van der Waals surface area contributed by atoms with Crippen LogP contribution in [0.5, 0.6) is 0 Å². The molecule has 0 amide bonds. The predicted octanol–water partition coefficient (Wildman–Crippen LogP) is 12.3. The van der Waals surface area contributed by atoms with E-state index in [1.807, 2.05) is 0 Å². The summed E-state index contributed by atoms with van der Waals surface area (Å²) in [6.07, 6.45) is 43.7. The first-order valence-electron chi connectivity index (χ1n) is 18.7. The largest absolute Gasteiger partial charge is 0.464 e. The molecule has 0 rings (SSSR count). The molecule has 0 aliphatic heterocycles. The molecular formula is C41H70O4. The highest BCUT2D eigenvalue weighted by Crippen LogP contribution is 2.27. The second-order valence-corrected chi connectivity index (χ2v) is 12.9. The Morgan fingerprint density at radius 1 is 0.489 bits per heavy atom. The number of carbonyl (C=O) groups excluding carboxylic acids is 3. The van der Waals surface area contributed by atoms with Crippen LogP contribution in [0, 0.1) is 5.41 Å². The van der Waals surface area contributed by atoms with E-state index in [-0.39, 0.29) is 18.2 Å². The lowest BCUT2D eigenvalue weighted by molar-refractivity contribution is -0.152. The van der Waals surface area contributed by atoms with Crippen LogP contribution >= 0.6 is 0 Å². The third kappa shape index (κ3) is 26.7. The first-order chi connectivity index (χ1) is 21.9. The van der Waals surface area contributed by atoms with E-state index in [1.165, 1.54) is 71.1 Å². The van der Waals surface area contributed by atoms with Crippen molar-refractivity contribution >= 4 is 17.5 Å². The van der Waals surface area contributed by atoms with Gasteiger partial charge in [-0.1, -0.05) is 127 Å². The molecule has 0 spiro atoms. The zero-order chi connectivity index (χ0) is 33.3. The highest BCUT2D eigenvalue weighted by molar-refractivity contribution is 6.06. The number of hydrogen-bond donors (Lipinski definition) is 0. The maximum absolute atomic E-state index is 13.2. The Morgan fingerprint density at radius 2 is 0.822 bits per heavy atom. The number of ether oxygens (including phenoxy) is 1. The fraction of sp³-hybridized carbons (Fsp3) is 0.732. The lowest BCUT2D eigenvalue weighted by Crippen LogP contribution is -2.41. The van der Waals surface area contributed by atoms with Crippen molar-refractivity contribution in [3.05, 3.63) is 48.6 Å². The van der Waals surface area contributed by atoms with E-state index in [2.05, 4.69) is 62.5 Å². The predicted molar refractivity (Wildman–Crippen MR) is 193 cm³/mol. The standard InChI is InChI=1S/C41H70O4/c1-5-7-9-11-13-15-17-19-21-23-25-27-29-31-33-35-39(43)41(4,37-45-38(3)42)40(44)36-34-32-30-28-26-24-22-20-18-16-14-12-10-8-6-2/h13-16,19-22H,5-12,17-18,23-37H2,1-4H3/b15-13-,16-14-,21-19-,22-20-. The Hall–Kier alpha value is -2.23. The molecule has 45 heavy (non-hydrogen) atoms. The zero-order valence-corrected chi connectivity index (χ0v) is 29.9. The smallest absolute Gasteiger partial charge is 0.302 e. The highest BCUT2D eigenvalue weighted by Gasteiger charge is 2.40. The number of rotatable bonds is 32. The summed E-state index contributed by atoms with van der Waals surface area (Å²) in [6, 6.07) is 0. The quantitative estimate of drug-likeness (QED) is 0.0322. The van der Waals surface area contributed by atoms with Gasteiger partial charge < -0.3 is 4.74 Å². The van der Waals surface area contributed by atoms with Crippen LogP contribution in [0.15, 0.2) is 48.6 Å². The first kappa shape index (κ1) is 42.8. The molecule has 0 saturated heterocycles. The van der Waals surface area contributed by atoms with E-state index in [4.69, 9.17) is 4.74 Å². The van der Waals surface area contributed by atoms with Crippen LogP contribution in [0.1, 0.15) is 182 Å². The summed E-state index contributed by atoms with van der Waals surface area (Å²) in [6.45, 7) is 7.34. The Kier molecular flexibility index (Phi) is 30.2. The minimum absolute atomic E-state index is 0.0815. The van der Waals surface area contributed by atoms with Gasteiger partial charge in [0.05, 0.1) is 0 Å². The van der Waals surface area contributed by atoms with Gasteiger partial charge in [0.1, 0.15) is 23.6 Å². The molecule has 0 fully saturated rings. The molecule has 258 valence electrons. The fourth-order valence-corrected chi connectivity index (χ4v) is 5.31. The first-order valence-corrected chi connectivity index (χ1v) is 18.7. The van der Waals surface area contributed by atoms with Gasteiger partial charge in [-0.15, -0.1) is 0 Å². The number of allylic oxidation sites excluding steroid dienone is 8. The van der Waals surface area contributed by atoms with E-state index in [1.54, 1.807) is 6.92 Å². The van der Waals surface area contributed by atoms with E-state index in [9.17, 15) is 14.4 Å². The Labute approximate surface area is 278 Å². The zero-order valence-electron chi connectivity index (χ0n) is 29.9. The lowest BCUT2D eigenvalue weighted by Gasteiger charge is -2.26. The van der Waals surface area contributed by atoms with Crippen molar-refractivity contribution in [1.82, 2.24) is 0 Å². The molecule has 0 saturated carbocycles. The molecule has 0 unspecified atom stereocenters. The van der Waals surface area contributed by atoms with Crippen LogP contribution in [-0.4, -0.2) is 24.1 Å². The van der Waals surface area contributed by atoms with Crippen LogP contribution in [0.4, 0.5) is 0 Å². The SMILES string of the molecule is CCCCC/C=C\C/C=C\CCCCCCCC(=O)C(C)(COC(C)=O)C(=O)CCCCCCC/C=C\C/C=C\CCCCC. The maximum Gasteiger partial charge on any atom is 0.302 e. The molecule has 0 aromatic rings. The van der Waals surface area contributed by atoms with Gasteiger partial charge in [0.25, 0.3) is 0 Å². The minimum atomic E-state index is -1.23. The van der Waals surface area contributed by atoms with Gasteiger partial charge in [-0.2, -0.15) is 0 Å². The topological polar surface area (TPSA) is 60.4 Å². The van der Waals surface area contributed by atoms with Gasteiger partial charge in [0, 0.05) is 19.8 Å². The Balaban J connectivity index is 4.17. The summed E-state index contributed by atoms with van der Waals surface area (Å²) in [5.41, 5.74) is -1.23. The van der Waals surface area contributed by atoms with Crippen LogP contribution in [0.3, 0.4) is 0 Å². The summed E-state index contributed by atoms with van der Waals surface area (Å²) >= 11 is 0. The lowest BCUT2D eigenvalue weighted by atomic mass is 9.78. The second-order valence-electron chi connectivity index (χ2n) is 12.9. The molecule has 0 radical (unpaired) electrons. The van der Waals surface area contributed by atoms with Gasteiger partial charge in [0.15, 0.2) is 0 Å². The molecule has 0 atom stereocenters. The molecule has 0 aromatic carbocycles. The number of Topliss-reactive ketones (excluding diaryl/α,β-unsaturated/α-hetero) is 2. The summed E-state index contributed by atoms with van der Waals surface area (Å²) in [5, 5.41) is 0.